The third-order valence-corrected chi connectivity index (χ3v) is 6.01. The van der Waals surface area contributed by atoms with Crippen LogP contribution in [0.25, 0.3) is 5.57 Å². The van der Waals surface area contributed by atoms with E-state index in [-0.39, 0.29) is 43.2 Å². The number of rotatable bonds is 6. The summed E-state index contributed by atoms with van der Waals surface area (Å²) in [4.78, 5) is 27.4. The van der Waals surface area contributed by atoms with Crippen molar-refractivity contribution in [2.75, 3.05) is 12.4 Å². The lowest BCUT2D eigenvalue weighted by Crippen LogP contribution is -2.45. The lowest BCUT2D eigenvalue weighted by atomic mass is 9.79. The first-order valence-electron chi connectivity index (χ1n) is 10.2. The molecule has 0 spiro atoms. The number of allylic oxidation sites excluding steroid dienone is 1. The van der Waals surface area contributed by atoms with Gasteiger partial charge in [-0.25, -0.2) is 18.7 Å². The van der Waals surface area contributed by atoms with Crippen LogP contribution in [0.3, 0.4) is 0 Å². The monoisotopic (exact) mass is 416 g/mol. The molecule has 1 amide bonds. The summed E-state index contributed by atoms with van der Waals surface area (Å²) in [6.45, 7) is 0. The second-order valence-corrected chi connectivity index (χ2v) is 8.23. The number of fused-ring (bicyclic) bond motifs is 2. The van der Waals surface area contributed by atoms with Gasteiger partial charge in [-0.05, 0) is 36.8 Å². The van der Waals surface area contributed by atoms with E-state index in [1.54, 1.807) is 19.5 Å². The first-order chi connectivity index (χ1) is 14.4. The number of nitrogens with zero attached hydrogens (tertiary/aromatic N) is 4. The summed E-state index contributed by atoms with van der Waals surface area (Å²) in [5, 5.41) is 3.03. The van der Waals surface area contributed by atoms with Crippen LogP contribution in [0, 0.1) is 5.92 Å². The average molecular weight is 416 g/mol. The molecule has 9 heteroatoms. The molecule has 3 N–H and O–H groups in total. The maximum Gasteiger partial charge on any atom is 0.248 e. The highest BCUT2D eigenvalue weighted by atomic mass is 19.3. The molecule has 1 aromatic heterocycles. The Morgan fingerprint density at radius 1 is 1.43 bits per heavy atom. The van der Waals surface area contributed by atoms with E-state index in [9.17, 15) is 13.6 Å². The van der Waals surface area contributed by atoms with Crippen LogP contribution in [0.5, 0.6) is 0 Å². The molecule has 7 nitrogen and oxygen atoms in total. The van der Waals surface area contributed by atoms with Gasteiger partial charge in [-0.3, -0.25) is 9.79 Å². The minimum atomic E-state index is -2.58. The number of amides is 1. The standard InChI is InChI=1S/C21H26F2N6O/c1-25-12-15(11-24)27-20-26-5-4-18(28-20)14-7-16-2-3-17(8-14)29(16)19(30)6-13-9-21(22,23)10-13/h4-5,7,11-13,16-17H,2-3,6,8-10,24H2,1H3,(H,26,27,28). The van der Waals surface area contributed by atoms with Gasteiger partial charge in [0.25, 0.3) is 0 Å². The van der Waals surface area contributed by atoms with Crippen molar-refractivity contribution in [3.05, 3.63) is 35.9 Å². The summed E-state index contributed by atoms with van der Waals surface area (Å²) < 4.78 is 26.2. The maximum atomic E-state index is 13.1. The van der Waals surface area contributed by atoms with Crippen molar-refractivity contribution in [3.8, 4) is 0 Å². The number of carbonyl (C=O) groups excluding carboxylic acids is 1. The number of hydrogen-bond acceptors (Lipinski definition) is 6. The fraction of sp³-hybridized carbons (Fsp3) is 0.524. The van der Waals surface area contributed by atoms with Gasteiger partial charge in [0.05, 0.1) is 17.4 Å². The summed E-state index contributed by atoms with van der Waals surface area (Å²) in [5.74, 6) is -2.36. The fourth-order valence-corrected chi connectivity index (χ4v) is 4.67. The van der Waals surface area contributed by atoms with E-state index in [0.29, 0.717) is 18.1 Å². The van der Waals surface area contributed by atoms with Crippen LogP contribution in [0.2, 0.25) is 0 Å². The SMILES string of the molecule is CN=CC(=CN)Nc1nccc(C2=CC3CCC(C2)N3C(=O)CC2CC(F)(F)C2)n1. The lowest BCUT2D eigenvalue weighted by Gasteiger charge is -2.38. The topological polar surface area (TPSA) is 96.5 Å². The van der Waals surface area contributed by atoms with Crippen LogP contribution in [0.4, 0.5) is 14.7 Å². The molecule has 2 fully saturated rings. The van der Waals surface area contributed by atoms with Crippen molar-refractivity contribution in [3.63, 3.8) is 0 Å². The van der Waals surface area contributed by atoms with Gasteiger partial charge in [0.15, 0.2) is 0 Å². The number of nitrogens with one attached hydrogen (secondary N) is 1. The summed E-state index contributed by atoms with van der Waals surface area (Å²) in [5.41, 5.74) is 8.05. The molecule has 2 unspecified atom stereocenters. The van der Waals surface area contributed by atoms with Crippen molar-refractivity contribution in [2.24, 2.45) is 16.6 Å². The number of anilines is 1. The van der Waals surface area contributed by atoms with Gasteiger partial charge in [-0.15, -0.1) is 0 Å². The molecule has 1 aromatic rings. The molecule has 2 bridgehead atoms. The van der Waals surface area contributed by atoms with Crippen LogP contribution in [0.15, 0.2) is 35.2 Å². The second-order valence-electron chi connectivity index (χ2n) is 8.23. The zero-order valence-corrected chi connectivity index (χ0v) is 16.9. The van der Waals surface area contributed by atoms with Gasteiger partial charge in [0, 0.05) is 51.0 Å². The fourth-order valence-electron chi connectivity index (χ4n) is 4.67. The number of nitrogens with two attached hydrogens (primary N) is 1. The lowest BCUT2D eigenvalue weighted by molar-refractivity contribution is -0.143. The largest absolute Gasteiger partial charge is 0.403 e. The van der Waals surface area contributed by atoms with Crippen molar-refractivity contribution < 1.29 is 13.6 Å². The van der Waals surface area contributed by atoms with Crippen LogP contribution < -0.4 is 11.1 Å². The van der Waals surface area contributed by atoms with Gasteiger partial charge in [-0.2, -0.15) is 0 Å². The van der Waals surface area contributed by atoms with Crippen molar-refractivity contribution in [2.45, 2.75) is 56.5 Å². The Morgan fingerprint density at radius 2 is 2.23 bits per heavy atom. The number of carbonyl (C=O) groups is 1. The number of alkyl halides is 2. The Kier molecular flexibility index (Phi) is 5.53. The number of hydrogen-bond donors (Lipinski definition) is 2. The molecule has 1 aliphatic carbocycles. The van der Waals surface area contributed by atoms with Crippen molar-refractivity contribution in [1.82, 2.24) is 14.9 Å². The number of aliphatic imine (C=N–C) groups is 1. The van der Waals surface area contributed by atoms with Crippen LogP contribution in [-0.2, 0) is 4.79 Å². The quantitative estimate of drug-likeness (QED) is 0.695. The van der Waals surface area contributed by atoms with E-state index in [0.717, 1.165) is 24.1 Å². The van der Waals surface area contributed by atoms with Crippen LogP contribution in [0.1, 0.15) is 44.2 Å². The Morgan fingerprint density at radius 3 is 2.90 bits per heavy atom. The predicted molar refractivity (Wildman–Crippen MR) is 111 cm³/mol. The van der Waals surface area contributed by atoms with Crippen molar-refractivity contribution in [1.29, 1.82) is 0 Å². The van der Waals surface area contributed by atoms with Gasteiger partial charge in [-0.1, -0.05) is 6.08 Å². The van der Waals surface area contributed by atoms with Gasteiger partial charge in [0.1, 0.15) is 0 Å². The Labute approximate surface area is 174 Å². The summed E-state index contributed by atoms with van der Waals surface area (Å²) >= 11 is 0. The first-order valence-corrected chi connectivity index (χ1v) is 10.2. The van der Waals surface area contributed by atoms with Crippen LogP contribution >= 0.6 is 0 Å². The van der Waals surface area contributed by atoms with Crippen LogP contribution in [-0.4, -0.2) is 52.0 Å². The van der Waals surface area contributed by atoms with Crippen molar-refractivity contribution >= 4 is 23.6 Å². The van der Waals surface area contributed by atoms with Gasteiger partial charge in [0.2, 0.25) is 17.8 Å². The molecule has 4 rings (SSSR count). The summed E-state index contributed by atoms with van der Waals surface area (Å²) in [6, 6.07) is 1.95. The first kappa shape index (κ1) is 20.4. The van der Waals surface area contributed by atoms with E-state index in [4.69, 9.17) is 5.73 Å². The maximum absolute atomic E-state index is 13.1. The summed E-state index contributed by atoms with van der Waals surface area (Å²) in [6.07, 6.45) is 9.15. The molecule has 2 atom stereocenters. The number of halogens is 2. The average Bonchev–Trinajstić information content (AvgIpc) is 2.96. The third kappa shape index (κ3) is 4.20. The summed E-state index contributed by atoms with van der Waals surface area (Å²) in [7, 11) is 1.65. The Bertz CT molecular complexity index is 905. The molecule has 3 aliphatic rings. The zero-order valence-electron chi connectivity index (χ0n) is 16.9. The van der Waals surface area contributed by atoms with E-state index in [2.05, 4.69) is 26.4 Å². The second kappa shape index (κ2) is 8.12. The highest BCUT2D eigenvalue weighted by molar-refractivity contribution is 5.82. The highest BCUT2D eigenvalue weighted by Crippen LogP contribution is 2.45. The minimum Gasteiger partial charge on any atom is -0.403 e. The minimum absolute atomic E-state index is 0.0000733. The molecule has 160 valence electrons. The molecular weight excluding hydrogens is 390 g/mol. The third-order valence-electron chi connectivity index (χ3n) is 6.01. The molecule has 0 radical (unpaired) electrons. The molecule has 1 saturated carbocycles. The van der Waals surface area contributed by atoms with E-state index < -0.39 is 5.92 Å². The highest BCUT2D eigenvalue weighted by Gasteiger charge is 2.47. The molecule has 1 saturated heterocycles. The Hall–Kier alpha value is -2.84. The number of aromatic nitrogens is 2. The smallest absolute Gasteiger partial charge is 0.248 e. The molecular formula is C21H26F2N6O. The molecule has 30 heavy (non-hydrogen) atoms. The molecule has 3 heterocycles. The van der Waals surface area contributed by atoms with E-state index in [1.807, 2.05) is 11.0 Å². The Balaban J connectivity index is 1.45. The van der Waals surface area contributed by atoms with E-state index >= 15 is 0 Å². The zero-order chi connectivity index (χ0) is 21.3. The van der Waals surface area contributed by atoms with E-state index in [1.165, 1.54) is 6.20 Å². The van der Waals surface area contributed by atoms with Gasteiger partial charge < -0.3 is 16.0 Å². The van der Waals surface area contributed by atoms with Gasteiger partial charge >= 0.3 is 0 Å². The molecule has 0 aromatic carbocycles. The normalized spacial score (nSPS) is 25.9. The predicted octanol–water partition coefficient (Wildman–Crippen LogP) is 2.97. The molecule has 2 aliphatic heterocycles.